The topological polar surface area (TPSA) is 147 Å². The van der Waals surface area contributed by atoms with Crippen LogP contribution >= 0.6 is 0 Å². The van der Waals surface area contributed by atoms with Crippen LogP contribution in [-0.4, -0.2) is 55.3 Å². The van der Waals surface area contributed by atoms with Crippen LogP contribution in [-0.2, 0) is 13.0 Å². The summed E-state index contributed by atoms with van der Waals surface area (Å²) in [7, 11) is 0. The number of aromatic nitrogens is 3. The lowest BCUT2D eigenvalue weighted by atomic mass is 9.91. The van der Waals surface area contributed by atoms with Gasteiger partial charge in [0.05, 0.1) is 5.69 Å². The van der Waals surface area contributed by atoms with E-state index in [1.54, 1.807) is 10.6 Å². The molecule has 0 amide bonds. The second-order valence-corrected chi connectivity index (χ2v) is 8.72. The lowest BCUT2D eigenvalue weighted by Gasteiger charge is -2.31. The average molecular weight is 463 g/mol. The molecule has 2 aliphatic rings. The molecule has 0 aliphatic carbocycles. The number of halogens is 1. The van der Waals surface area contributed by atoms with Gasteiger partial charge in [-0.1, -0.05) is 5.16 Å². The van der Waals surface area contributed by atoms with Gasteiger partial charge in [0.15, 0.2) is 5.58 Å². The van der Waals surface area contributed by atoms with Gasteiger partial charge < -0.3 is 25.5 Å². The molecule has 1 saturated heterocycles. The number of rotatable bonds is 4. The average Bonchev–Trinajstić information content (AvgIpc) is 3.18. The van der Waals surface area contributed by atoms with Gasteiger partial charge in [-0.2, -0.15) is 0 Å². The molecule has 2 aliphatic heterocycles. The Morgan fingerprint density at radius 3 is 2.70 bits per heavy atom. The first-order valence-corrected chi connectivity index (χ1v) is 11.1. The van der Waals surface area contributed by atoms with E-state index >= 15 is 0 Å². The zero-order valence-electron chi connectivity index (χ0n) is 18.7. The Morgan fingerprint density at radius 1 is 1.18 bits per heavy atom. The summed E-state index contributed by atoms with van der Waals surface area (Å²) in [6.45, 7) is 5.13. The van der Waals surface area contributed by atoms with Gasteiger partial charge in [0.1, 0.15) is 17.7 Å². The van der Waals surface area contributed by atoms with E-state index in [2.05, 4.69) is 15.0 Å². The normalized spacial score (nSPS) is 19.1. The lowest BCUT2D eigenvalue weighted by molar-refractivity contribution is 0.129. The Labute approximate surface area is 190 Å². The highest BCUT2D eigenvalue weighted by molar-refractivity contribution is 5.79. The summed E-state index contributed by atoms with van der Waals surface area (Å²) in [6.07, 6.45) is 3.38. The van der Waals surface area contributed by atoms with Crippen LogP contribution < -0.4 is 5.56 Å². The number of benzene rings is 1. The largest absolute Gasteiger partial charge is 0.412 e. The first kappa shape index (κ1) is 25.0. The molecule has 10 heteroatoms. The van der Waals surface area contributed by atoms with Gasteiger partial charge in [-0.3, -0.25) is 9.36 Å². The molecule has 0 radical (unpaired) electrons. The quantitative estimate of drug-likeness (QED) is 0.620. The highest BCUT2D eigenvalue weighted by atomic mass is 19.1. The summed E-state index contributed by atoms with van der Waals surface area (Å²) < 4.78 is 20.4. The van der Waals surface area contributed by atoms with Gasteiger partial charge in [-0.25, -0.2) is 9.37 Å². The van der Waals surface area contributed by atoms with Gasteiger partial charge in [0.2, 0.25) is 0 Å². The number of aryl methyl sites for hydroxylation is 1. The van der Waals surface area contributed by atoms with Crippen molar-refractivity contribution in [3.05, 3.63) is 57.1 Å². The van der Waals surface area contributed by atoms with E-state index in [0.717, 1.165) is 61.2 Å². The molecular formula is C23H31FN4O5. The van der Waals surface area contributed by atoms with Gasteiger partial charge >= 0.3 is 0 Å². The van der Waals surface area contributed by atoms with Gasteiger partial charge in [-0.15, -0.1) is 0 Å². The summed E-state index contributed by atoms with van der Waals surface area (Å²) in [4.78, 5) is 19.9. The number of aliphatic hydroxyl groups excluding tert-OH is 1. The van der Waals surface area contributed by atoms with Crippen LogP contribution in [0.4, 0.5) is 4.39 Å². The van der Waals surface area contributed by atoms with Crippen LogP contribution in [0.25, 0.3) is 11.0 Å². The smallest absolute Gasteiger partial charge is 0.257 e. The van der Waals surface area contributed by atoms with E-state index in [1.807, 2.05) is 6.92 Å². The van der Waals surface area contributed by atoms with Crippen LogP contribution in [0, 0.1) is 12.7 Å². The molecule has 9 nitrogen and oxygen atoms in total. The van der Waals surface area contributed by atoms with Gasteiger partial charge in [-0.05, 0) is 64.3 Å². The van der Waals surface area contributed by atoms with Crippen molar-refractivity contribution in [2.45, 2.75) is 57.6 Å². The van der Waals surface area contributed by atoms with Crippen LogP contribution in [0.15, 0.2) is 27.5 Å². The summed E-state index contributed by atoms with van der Waals surface area (Å²) in [5.74, 6) is 0.489. The number of piperidine rings is 1. The van der Waals surface area contributed by atoms with Crippen molar-refractivity contribution >= 4 is 11.0 Å². The van der Waals surface area contributed by atoms with Gasteiger partial charge in [0, 0.05) is 41.7 Å². The molecule has 3 aromatic rings. The maximum absolute atomic E-state index is 13.4. The fraction of sp³-hybridized carbons (Fsp3) is 0.522. The Bertz CT molecular complexity index is 1170. The summed E-state index contributed by atoms with van der Waals surface area (Å²) in [5.41, 5.74) is 2.90. The van der Waals surface area contributed by atoms with Crippen molar-refractivity contribution in [2.75, 3.05) is 19.6 Å². The molecule has 0 saturated carbocycles. The maximum Gasteiger partial charge on any atom is 0.257 e. The van der Waals surface area contributed by atoms with Gasteiger partial charge in [0.25, 0.3) is 5.56 Å². The monoisotopic (exact) mass is 462 g/mol. The molecule has 180 valence electrons. The number of hydrogen-bond acceptors (Lipinski definition) is 6. The number of nitrogens with zero attached hydrogens (tertiary/aromatic N) is 4. The standard InChI is InChI=1S/C23H27FN4O3.2H2O/c1-14-17(23(30)28-9-2-3-19(29)22(28)25-14)8-12-27-10-6-15(7-11-27)21-18-5-4-16(24)13-20(18)31-26-21;;/h4-5,13,15,19,29H,2-3,6-12H2,1H3;2*1H2/t19-;;/m1../s1. The van der Waals surface area contributed by atoms with E-state index in [1.165, 1.54) is 12.1 Å². The minimum absolute atomic E-state index is 0. The molecular weight excluding hydrogens is 431 g/mol. The van der Waals surface area contributed by atoms with Crippen molar-refractivity contribution in [2.24, 2.45) is 0 Å². The number of fused-ring (bicyclic) bond motifs is 2. The summed E-state index contributed by atoms with van der Waals surface area (Å²) in [5, 5.41) is 15.3. The number of likely N-dealkylation sites (tertiary alicyclic amines) is 1. The first-order chi connectivity index (χ1) is 15.0. The fourth-order valence-electron chi connectivity index (χ4n) is 4.98. The molecule has 0 unspecified atom stereocenters. The summed E-state index contributed by atoms with van der Waals surface area (Å²) in [6, 6.07) is 4.58. The van der Waals surface area contributed by atoms with E-state index in [-0.39, 0.29) is 22.3 Å². The van der Waals surface area contributed by atoms with Crippen molar-refractivity contribution < 1.29 is 25.0 Å². The molecule has 5 rings (SSSR count). The maximum atomic E-state index is 13.4. The van der Waals surface area contributed by atoms with Crippen molar-refractivity contribution in [1.82, 2.24) is 19.6 Å². The lowest BCUT2D eigenvalue weighted by Crippen LogP contribution is -2.37. The Kier molecular flexibility index (Phi) is 7.63. The van der Waals surface area contributed by atoms with Crippen LogP contribution in [0.1, 0.15) is 60.5 Å². The van der Waals surface area contributed by atoms with E-state index in [0.29, 0.717) is 36.7 Å². The van der Waals surface area contributed by atoms with Crippen LogP contribution in [0.5, 0.6) is 0 Å². The molecule has 1 aromatic carbocycles. The van der Waals surface area contributed by atoms with Crippen LogP contribution in [0.2, 0.25) is 0 Å². The Morgan fingerprint density at radius 2 is 1.94 bits per heavy atom. The minimum Gasteiger partial charge on any atom is -0.412 e. The second-order valence-electron chi connectivity index (χ2n) is 8.72. The summed E-state index contributed by atoms with van der Waals surface area (Å²) >= 11 is 0. The predicted octanol–water partition coefficient (Wildman–Crippen LogP) is 1.43. The van der Waals surface area contributed by atoms with Crippen LogP contribution in [0.3, 0.4) is 0 Å². The van der Waals surface area contributed by atoms with E-state index in [4.69, 9.17) is 4.52 Å². The van der Waals surface area contributed by atoms with Crippen molar-refractivity contribution in [3.63, 3.8) is 0 Å². The third-order valence-corrected chi connectivity index (χ3v) is 6.77. The molecule has 4 heterocycles. The van der Waals surface area contributed by atoms with E-state index < -0.39 is 6.10 Å². The molecule has 0 bridgehead atoms. The molecule has 0 spiro atoms. The molecule has 33 heavy (non-hydrogen) atoms. The SMILES string of the molecule is Cc1nc2n(c(=O)c1CCN1CCC(c3noc4cc(F)ccc34)CC1)CCC[C@H]2O.O.O. The third kappa shape index (κ3) is 4.70. The van der Waals surface area contributed by atoms with E-state index in [9.17, 15) is 14.3 Å². The fourth-order valence-corrected chi connectivity index (χ4v) is 4.98. The highest BCUT2D eigenvalue weighted by Gasteiger charge is 2.26. The minimum atomic E-state index is -0.641. The Balaban J connectivity index is 0.00000153. The molecule has 5 N–H and O–H groups in total. The third-order valence-electron chi connectivity index (χ3n) is 6.77. The molecule has 1 atom stereocenters. The van der Waals surface area contributed by atoms with Crippen molar-refractivity contribution in [1.29, 1.82) is 0 Å². The van der Waals surface area contributed by atoms with Crippen molar-refractivity contribution in [3.8, 4) is 0 Å². The first-order valence-electron chi connectivity index (χ1n) is 11.1. The number of hydrogen-bond donors (Lipinski definition) is 1. The highest BCUT2D eigenvalue weighted by Crippen LogP contribution is 2.32. The zero-order chi connectivity index (χ0) is 21.5. The number of aliphatic hydroxyl groups is 1. The second kappa shape index (κ2) is 10.1. The molecule has 2 aromatic heterocycles. The predicted molar refractivity (Wildman–Crippen MR) is 121 cm³/mol. The Hall–Kier alpha value is -2.66. The zero-order valence-corrected chi connectivity index (χ0v) is 18.7. The molecule has 1 fully saturated rings.